The minimum atomic E-state index is 0.660. The molecule has 0 aromatic heterocycles. The molecule has 0 N–H and O–H groups in total. The molecule has 0 saturated heterocycles. The van der Waals surface area contributed by atoms with Crippen molar-refractivity contribution in [3.63, 3.8) is 0 Å². The van der Waals surface area contributed by atoms with Gasteiger partial charge < -0.3 is 0 Å². The monoisotopic (exact) mass is 208 g/mol. The topological polar surface area (TPSA) is 0 Å². The molecule has 0 bridgehead atoms. The van der Waals surface area contributed by atoms with Crippen LogP contribution in [0.4, 0.5) is 0 Å². The zero-order valence-electron chi connectivity index (χ0n) is 8.89. The molecule has 1 aromatic carbocycles. The second-order valence-corrected chi connectivity index (χ2v) is 4.32. The molecule has 0 nitrogen and oxygen atoms in total. The van der Waals surface area contributed by atoms with Gasteiger partial charge in [-0.15, -0.1) is 6.58 Å². The molecule has 1 rings (SSSR count). The van der Waals surface area contributed by atoms with Crippen LogP contribution < -0.4 is 0 Å². The van der Waals surface area contributed by atoms with Gasteiger partial charge >= 0.3 is 0 Å². The number of halogens is 1. The van der Waals surface area contributed by atoms with Gasteiger partial charge in [0.05, 0.1) is 0 Å². The van der Waals surface area contributed by atoms with Crippen molar-refractivity contribution >= 4 is 11.6 Å². The van der Waals surface area contributed by atoms with Crippen molar-refractivity contribution in [1.82, 2.24) is 0 Å². The van der Waals surface area contributed by atoms with Crippen molar-refractivity contribution in [2.45, 2.75) is 26.7 Å². The van der Waals surface area contributed by atoms with Crippen molar-refractivity contribution in [1.29, 1.82) is 0 Å². The molecule has 0 aliphatic carbocycles. The molecule has 0 saturated carbocycles. The van der Waals surface area contributed by atoms with Crippen LogP contribution in [0.15, 0.2) is 30.9 Å². The molecule has 0 aliphatic heterocycles. The summed E-state index contributed by atoms with van der Waals surface area (Å²) in [6, 6.07) is 6.25. The maximum absolute atomic E-state index is 5.96. The van der Waals surface area contributed by atoms with E-state index >= 15 is 0 Å². The Morgan fingerprint density at radius 2 is 2.21 bits per heavy atom. The first-order chi connectivity index (χ1) is 6.63. The third-order valence-electron chi connectivity index (χ3n) is 2.38. The Hall–Kier alpha value is -0.750. The number of benzene rings is 1. The van der Waals surface area contributed by atoms with Gasteiger partial charge in [-0.1, -0.05) is 36.7 Å². The van der Waals surface area contributed by atoms with Crippen LogP contribution in [0.1, 0.15) is 24.5 Å². The molecule has 14 heavy (non-hydrogen) atoms. The van der Waals surface area contributed by atoms with Crippen molar-refractivity contribution in [2.75, 3.05) is 0 Å². The van der Waals surface area contributed by atoms with Crippen molar-refractivity contribution < 1.29 is 0 Å². The Morgan fingerprint density at radius 1 is 1.50 bits per heavy atom. The highest BCUT2D eigenvalue weighted by molar-refractivity contribution is 6.31. The first-order valence-corrected chi connectivity index (χ1v) is 5.37. The van der Waals surface area contributed by atoms with E-state index in [0.29, 0.717) is 5.92 Å². The molecule has 76 valence electrons. The second kappa shape index (κ2) is 5.21. The Labute approximate surface area is 91.6 Å². The quantitative estimate of drug-likeness (QED) is 0.644. The Balaban J connectivity index is 2.67. The van der Waals surface area contributed by atoms with Crippen molar-refractivity contribution in [3.8, 4) is 0 Å². The van der Waals surface area contributed by atoms with Gasteiger partial charge in [-0.05, 0) is 42.9 Å². The molecule has 0 aliphatic rings. The Kier molecular flexibility index (Phi) is 4.21. The minimum absolute atomic E-state index is 0.660. The predicted molar refractivity (Wildman–Crippen MR) is 63.9 cm³/mol. The smallest absolute Gasteiger partial charge is 0.0435 e. The molecule has 0 fully saturated rings. The van der Waals surface area contributed by atoms with Gasteiger partial charge in [0.1, 0.15) is 0 Å². The average Bonchev–Trinajstić information content (AvgIpc) is 2.12. The summed E-state index contributed by atoms with van der Waals surface area (Å²) in [6.07, 6.45) is 4.15. The molecular formula is C13H17Cl. The number of rotatable bonds is 4. The van der Waals surface area contributed by atoms with Crippen LogP contribution in [0.5, 0.6) is 0 Å². The predicted octanol–water partition coefficient (Wildman–Crippen LogP) is 4.40. The summed E-state index contributed by atoms with van der Waals surface area (Å²) in [5, 5.41) is 0.852. The molecule has 1 heteroatoms. The fraction of sp³-hybridized carbons (Fsp3) is 0.385. The Bertz CT molecular complexity index is 315. The molecule has 0 amide bonds. The van der Waals surface area contributed by atoms with E-state index in [2.05, 4.69) is 25.6 Å². The van der Waals surface area contributed by atoms with Crippen LogP contribution in [0.25, 0.3) is 0 Å². The molecule has 1 unspecified atom stereocenters. The van der Waals surface area contributed by atoms with Crippen LogP contribution in [0.2, 0.25) is 5.02 Å². The van der Waals surface area contributed by atoms with Crippen LogP contribution in [-0.2, 0) is 6.42 Å². The number of allylic oxidation sites excluding steroid dienone is 1. The van der Waals surface area contributed by atoms with Crippen LogP contribution >= 0.6 is 11.6 Å². The lowest BCUT2D eigenvalue weighted by molar-refractivity contribution is 0.590. The van der Waals surface area contributed by atoms with Gasteiger partial charge in [-0.25, -0.2) is 0 Å². The standard InChI is InChI=1S/C13H17Cl/c1-4-5-10(2)8-12-6-7-13(14)11(3)9-12/h4,6-7,9-10H,1,5,8H2,2-3H3. The van der Waals surface area contributed by atoms with E-state index < -0.39 is 0 Å². The normalized spacial score (nSPS) is 12.5. The van der Waals surface area contributed by atoms with Gasteiger partial charge in [-0.2, -0.15) is 0 Å². The van der Waals surface area contributed by atoms with Gasteiger partial charge in [0.15, 0.2) is 0 Å². The fourth-order valence-electron chi connectivity index (χ4n) is 1.60. The molecule has 0 radical (unpaired) electrons. The molecular weight excluding hydrogens is 192 g/mol. The van der Waals surface area contributed by atoms with E-state index in [4.69, 9.17) is 11.6 Å². The third-order valence-corrected chi connectivity index (χ3v) is 2.80. The van der Waals surface area contributed by atoms with Crippen LogP contribution in [-0.4, -0.2) is 0 Å². The summed E-state index contributed by atoms with van der Waals surface area (Å²) in [5.41, 5.74) is 2.52. The lowest BCUT2D eigenvalue weighted by Gasteiger charge is -2.09. The van der Waals surface area contributed by atoms with Gasteiger partial charge in [0.2, 0.25) is 0 Å². The highest BCUT2D eigenvalue weighted by atomic mass is 35.5. The van der Waals surface area contributed by atoms with E-state index in [1.807, 2.05) is 19.1 Å². The fourth-order valence-corrected chi connectivity index (χ4v) is 1.72. The first kappa shape index (κ1) is 11.3. The highest BCUT2D eigenvalue weighted by Gasteiger charge is 2.03. The molecule has 1 atom stereocenters. The van der Waals surface area contributed by atoms with E-state index in [1.54, 1.807) is 0 Å². The summed E-state index contributed by atoms with van der Waals surface area (Å²) in [4.78, 5) is 0. The maximum Gasteiger partial charge on any atom is 0.0435 e. The van der Waals surface area contributed by atoms with Crippen molar-refractivity contribution in [3.05, 3.63) is 47.0 Å². The number of hydrogen-bond acceptors (Lipinski definition) is 0. The van der Waals surface area contributed by atoms with E-state index in [9.17, 15) is 0 Å². The Morgan fingerprint density at radius 3 is 2.79 bits per heavy atom. The highest BCUT2D eigenvalue weighted by Crippen LogP contribution is 2.19. The average molecular weight is 209 g/mol. The van der Waals surface area contributed by atoms with Gasteiger partial charge in [0.25, 0.3) is 0 Å². The second-order valence-electron chi connectivity index (χ2n) is 3.92. The summed E-state index contributed by atoms with van der Waals surface area (Å²) in [5.74, 6) is 0.660. The maximum atomic E-state index is 5.96. The zero-order chi connectivity index (χ0) is 10.6. The summed E-state index contributed by atoms with van der Waals surface area (Å²) in [7, 11) is 0. The number of hydrogen-bond donors (Lipinski definition) is 0. The van der Waals surface area contributed by atoms with Crippen LogP contribution in [0.3, 0.4) is 0 Å². The summed E-state index contributed by atoms with van der Waals surface area (Å²) >= 11 is 5.96. The van der Waals surface area contributed by atoms with E-state index in [0.717, 1.165) is 23.4 Å². The lowest BCUT2D eigenvalue weighted by atomic mass is 9.97. The molecule has 0 spiro atoms. The largest absolute Gasteiger partial charge is 0.103 e. The van der Waals surface area contributed by atoms with Gasteiger partial charge in [0, 0.05) is 5.02 Å². The molecule has 1 aromatic rings. The minimum Gasteiger partial charge on any atom is -0.103 e. The summed E-state index contributed by atoms with van der Waals surface area (Å²) in [6.45, 7) is 8.04. The number of aryl methyl sites for hydroxylation is 1. The van der Waals surface area contributed by atoms with Crippen LogP contribution in [0, 0.1) is 12.8 Å². The zero-order valence-corrected chi connectivity index (χ0v) is 9.64. The molecule has 0 heterocycles. The SMILES string of the molecule is C=CCC(C)Cc1ccc(Cl)c(C)c1. The lowest BCUT2D eigenvalue weighted by Crippen LogP contribution is -1.98. The van der Waals surface area contributed by atoms with E-state index in [-0.39, 0.29) is 0 Å². The van der Waals surface area contributed by atoms with E-state index in [1.165, 1.54) is 5.56 Å². The first-order valence-electron chi connectivity index (χ1n) is 4.99. The summed E-state index contributed by atoms with van der Waals surface area (Å²) < 4.78 is 0. The van der Waals surface area contributed by atoms with Crippen molar-refractivity contribution in [2.24, 2.45) is 5.92 Å². The van der Waals surface area contributed by atoms with Gasteiger partial charge in [-0.3, -0.25) is 0 Å². The third kappa shape index (κ3) is 3.19.